The summed E-state index contributed by atoms with van der Waals surface area (Å²) in [5, 5.41) is 9.44. The van der Waals surface area contributed by atoms with Crippen LogP contribution in [0.3, 0.4) is 0 Å². The van der Waals surface area contributed by atoms with Crippen molar-refractivity contribution in [3.63, 3.8) is 0 Å². The first-order valence-electron chi connectivity index (χ1n) is 3.57. The predicted octanol–water partition coefficient (Wildman–Crippen LogP) is -0.704. The van der Waals surface area contributed by atoms with Gasteiger partial charge in [0.05, 0.1) is 6.54 Å². The number of carbonyl (C=O) groups excluding carboxylic acids is 1. The average Bonchev–Trinajstić information content (AvgIpc) is 1.99. The Kier molecular flexibility index (Phi) is 4.62. The van der Waals surface area contributed by atoms with Gasteiger partial charge in [0.15, 0.2) is 5.78 Å². The summed E-state index contributed by atoms with van der Waals surface area (Å²) in [5.74, 6) is -7.28. The van der Waals surface area contributed by atoms with Gasteiger partial charge in [-0.2, -0.15) is 13.2 Å². The Hall–Kier alpha value is -0.960. The molecule has 0 radical (unpaired) electrons. The Morgan fingerprint density at radius 2 is 1.75 bits per heavy atom. The second-order valence-corrected chi connectivity index (χ2v) is 4.32. The smallest absolute Gasteiger partial charge is 0.452 e. The molecule has 0 aliphatic heterocycles. The monoisotopic (exact) mass is 265 g/mol. The van der Waals surface area contributed by atoms with Gasteiger partial charge in [-0.3, -0.25) is 19.5 Å². The van der Waals surface area contributed by atoms with Crippen molar-refractivity contribution in [2.24, 2.45) is 0 Å². The zero-order valence-electron chi connectivity index (χ0n) is 7.43. The van der Waals surface area contributed by atoms with Gasteiger partial charge in [-0.25, -0.2) is 0 Å². The highest BCUT2D eigenvalue weighted by Crippen LogP contribution is 2.42. The summed E-state index contributed by atoms with van der Waals surface area (Å²) >= 11 is 0. The lowest BCUT2D eigenvalue weighted by Crippen LogP contribution is -2.45. The lowest BCUT2D eigenvalue weighted by Gasteiger charge is -2.18. The highest BCUT2D eigenvalue weighted by Gasteiger charge is 2.50. The number of carbonyl (C=O) groups is 2. The minimum absolute atomic E-state index is 1.18. The van der Waals surface area contributed by atoms with Crippen molar-refractivity contribution in [3.8, 4) is 0 Å². The van der Waals surface area contributed by atoms with Crippen LogP contribution in [0.15, 0.2) is 0 Å². The highest BCUT2D eigenvalue weighted by atomic mass is 31.2. The van der Waals surface area contributed by atoms with Crippen LogP contribution in [0.5, 0.6) is 0 Å². The molecule has 0 saturated heterocycles. The molecule has 0 aliphatic carbocycles. The standard InChI is InChI=1S/C5H7F3NO6P/c6-5(7,8)3(12)4(16(13,14)15)9-1-2(10)11/h4,9H,1H2,(H,10,11)(H2,13,14,15). The van der Waals surface area contributed by atoms with Crippen molar-refractivity contribution in [2.75, 3.05) is 6.54 Å². The van der Waals surface area contributed by atoms with Gasteiger partial charge >= 0.3 is 19.7 Å². The van der Waals surface area contributed by atoms with Crippen molar-refractivity contribution in [3.05, 3.63) is 0 Å². The number of carboxylic acid groups (broad SMARTS) is 1. The summed E-state index contributed by atoms with van der Waals surface area (Å²) in [4.78, 5) is 37.5. The molecule has 0 amide bonds. The minimum atomic E-state index is -5.46. The maximum absolute atomic E-state index is 11.9. The van der Waals surface area contributed by atoms with Crippen LogP contribution in [-0.2, 0) is 14.2 Å². The van der Waals surface area contributed by atoms with Gasteiger partial charge in [-0.05, 0) is 0 Å². The molecule has 0 saturated carbocycles. The molecular formula is C5H7F3NO6P. The Bertz CT molecular complexity index is 336. The number of carboxylic acids is 1. The SMILES string of the molecule is O=C(O)CNC(C(=O)C(F)(F)F)P(=O)(O)O. The van der Waals surface area contributed by atoms with E-state index in [9.17, 15) is 27.3 Å². The number of aliphatic carboxylic acids is 1. The van der Waals surface area contributed by atoms with Crippen LogP contribution in [0.1, 0.15) is 0 Å². The second-order valence-electron chi connectivity index (χ2n) is 2.63. The molecule has 0 bridgehead atoms. The van der Waals surface area contributed by atoms with Crippen LogP contribution >= 0.6 is 7.60 Å². The zero-order valence-corrected chi connectivity index (χ0v) is 8.33. The molecule has 0 aromatic heterocycles. The van der Waals surface area contributed by atoms with Gasteiger partial charge < -0.3 is 14.9 Å². The number of nitrogens with one attached hydrogen (secondary N) is 1. The number of hydrogen-bond donors (Lipinski definition) is 4. The van der Waals surface area contributed by atoms with E-state index in [0.717, 1.165) is 0 Å². The van der Waals surface area contributed by atoms with Crippen molar-refractivity contribution in [1.82, 2.24) is 5.32 Å². The largest absolute Gasteiger partial charge is 0.480 e. The Morgan fingerprint density at radius 1 is 1.31 bits per heavy atom. The molecular weight excluding hydrogens is 258 g/mol. The van der Waals surface area contributed by atoms with Crippen LogP contribution < -0.4 is 5.32 Å². The van der Waals surface area contributed by atoms with Crippen LogP contribution in [0.2, 0.25) is 0 Å². The van der Waals surface area contributed by atoms with Crippen LogP contribution in [0.4, 0.5) is 13.2 Å². The molecule has 94 valence electrons. The molecule has 7 nitrogen and oxygen atoms in total. The second kappa shape index (κ2) is 4.91. The van der Waals surface area contributed by atoms with Gasteiger partial charge in [0.25, 0.3) is 5.78 Å². The molecule has 0 spiro atoms. The van der Waals surface area contributed by atoms with Crippen LogP contribution in [-0.4, -0.2) is 45.1 Å². The molecule has 0 heterocycles. The molecule has 0 aliphatic rings. The third kappa shape index (κ3) is 4.71. The van der Waals surface area contributed by atoms with E-state index in [0.29, 0.717) is 0 Å². The molecule has 0 fully saturated rings. The molecule has 0 aromatic carbocycles. The van der Waals surface area contributed by atoms with Crippen molar-refractivity contribution >= 4 is 19.3 Å². The molecule has 0 aromatic rings. The average molecular weight is 265 g/mol. The van der Waals surface area contributed by atoms with Gasteiger partial charge in [0.1, 0.15) is 0 Å². The molecule has 4 N–H and O–H groups in total. The highest BCUT2D eigenvalue weighted by molar-refractivity contribution is 7.53. The fourth-order valence-corrected chi connectivity index (χ4v) is 1.48. The van der Waals surface area contributed by atoms with Gasteiger partial charge in [0.2, 0.25) is 0 Å². The lowest BCUT2D eigenvalue weighted by molar-refractivity contribution is -0.171. The van der Waals surface area contributed by atoms with Gasteiger partial charge in [-0.1, -0.05) is 0 Å². The van der Waals surface area contributed by atoms with Crippen molar-refractivity contribution in [2.45, 2.75) is 12.0 Å². The van der Waals surface area contributed by atoms with Gasteiger partial charge in [0, 0.05) is 0 Å². The fraction of sp³-hybridized carbons (Fsp3) is 0.600. The Labute approximate surface area is 86.4 Å². The number of rotatable bonds is 5. The lowest BCUT2D eigenvalue weighted by atomic mass is 10.3. The maximum atomic E-state index is 11.9. The van der Waals surface area contributed by atoms with Gasteiger partial charge in [-0.15, -0.1) is 0 Å². The number of alkyl halides is 3. The third-order valence-electron chi connectivity index (χ3n) is 1.31. The third-order valence-corrected chi connectivity index (χ3v) is 2.40. The molecule has 1 unspecified atom stereocenters. The van der Waals surface area contributed by atoms with E-state index in [2.05, 4.69) is 0 Å². The molecule has 1 atom stereocenters. The first-order chi connectivity index (χ1) is 6.96. The number of ketones is 1. The predicted molar refractivity (Wildman–Crippen MR) is 42.5 cm³/mol. The summed E-state index contributed by atoms with van der Waals surface area (Å²) in [5.41, 5.74) is 0. The molecule has 16 heavy (non-hydrogen) atoms. The number of hydrogen-bond acceptors (Lipinski definition) is 4. The van der Waals surface area contributed by atoms with Crippen molar-refractivity contribution in [1.29, 1.82) is 0 Å². The fourth-order valence-electron chi connectivity index (χ4n) is 0.703. The first kappa shape index (κ1) is 15.0. The Balaban J connectivity index is 4.91. The van der Waals surface area contributed by atoms with E-state index >= 15 is 0 Å². The number of Topliss-reactive ketones (excluding diaryl/α,β-unsaturated/α-hetero) is 1. The zero-order chi connectivity index (χ0) is 13.1. The van der Waals surface area contributed by atoms with E-state index in [1.165, 1.54) is 5.32 Å². The summed E-state index contributed by atoms with van der Waals surface area (Å²) in [6.45, 7) is -1.18. The normalized spacial score (nSPS) is 14.6. The summed E-state index contributed by atoms with van der Waals surface area (Å²) < 4.78 is 46.2. The summed E-state index contributed by atoms with van der Waals surface area (Å²) in [6, 6.07) is 0. The maximum Gasteiger partial charge on any atom is 0.452 e. The van der Waals surface area contributed by atoms with E-state index in [-0.39, 0.29) is 0 Å². The topological polar surface area (TPSA) is 124 Å². The number of halogens is 3. The first-order valence-corrected chi connectivity index (χ1v) is 5.26. The van der Waals surface area contributed by atoms with Crippen LogP contribution in [0, 0.1) is 0 Å². The van der Waals surface area contributed by atoms with E-state index < -0.39 is 37.9 Å². The van der Waals surface area contributed by atoms with Crippen molar-refractivity contribution < 1.29 is 42.2 Å². The van der Waals surface area contributed by atoms with E-state index in [1.54, 1.807) is 0 Å². The molecule has 11 heteroatoms. The summed E-state index contributed by atoms with van der Waals surface area (Å²) in [6.07, 6.45) is -5.46. The van der Waals surface area contributed by atoms with E-state index in [1.807, 2.05) is 0 Å². The quantitative estimate of drug-likeness (QED) is 0.484. The summed E-state index contributed by atoms with van der Waals surface area (Å²) in [7, 11) is -5.43. The minimum Gasteiger partial charge on any atom is -0.480 e. The van der Waals surface area contributed by atoms with Crippen LogP contribution in [0.25, 0.3) is 0 Å². The van der Waals surface area contributed by atoms with E-state index in [4.69, 9.17) is 14.9 Å². The Morgan fingerprint density at radius 3 is 2.00 bits per heavy atom. The molecule has 0 rings (SSSR count).